The summed E-state index contributed by atoms with van der Waals surface area (Å²) in [5.74, 6) is 0.305. The van der Waals surface area contributed by atoms with E-state index in [1.807, 2.05) is 25.1 Å². The van der Waals surface area contributed by atoms with E-state index in [0.717, 1.165) is 5.56 Å². The first kappa shape index (κ1) is 24.3. The van der Waals surface area contributed by atoms with Gasteiger partial charge in [0.15, 0.2) is 5.82 Å². The Hall–Kier alpha value is -3.39. The molecule has 8 nitrogen and oxygen atoms in total. The minimum absolute atomic E-state index is 0.0141. The second kappa shape index (κ2) is 11.0. The van der Waals surface area contributed by atoms with Crippen molar-refractivity contribution < 1.29 is 9.72 Å². The number of non-ortho nitro benzene ring substituents is 1. The predicted molar refractivity (Wildman–Crippen MR) is 127 cm³/mol. The van der Waals surface area contributed by atoms with Crippen LogP contribution in [0.5, 0.6) is 0 Å². The van der Waals surface area contributed by atoms with Crippen molar-refractivity contribution in [2.24, 2.45) is 11.8 Å². The first-order valence-corrected chi connectivity index (χ1v) is 11.1. The molecule has 1 unspecified atom stereocenters. The largest absolute Gasteiger partial charge is 0.352 e. The number of hydrogen-bond acceptors (Lipinski definition) is 6. The molecule has 3 rings (SSSR count). The van der Waals surface area contributed by atoms with Crippen LogP contribution in [0.15, 0.2) is 48.7 Å². The lowest BCUT2D eigenvalue weighted by Gasteiger charge is -2.20. The Morgan fingerprint density at radius 3 is 2.48 bits per heavy atom. The predicted octanol–water partition coefficient (Wildman–Crippen LogP) is 4.93. The zero-order valence-corrected chi connectivity index (χ0v) is 19.5. The van der Waals surface area contributed by atoms with Gasteiger partial charge in [-0.2, -0.15) is 0 Å². The van der Waals surface area contributed by atoms with E-state index >= 15 is 0 Å². The summed E-state index contributed by atoms with van der Waals surface area (Å²) < 4.78 is 0. The molecule has 3 aromatic rings. The average Bonchev–Trinajstić information content (AvgIpc) is 2.80. The Bertz CT molecular complexity index is 1120. The maximum Gasteiger partial charge on any atom is 0.269 e. The molecular weight excluding hydrogens is 442 g/mol. The molecule has 1 atom stereocenters. The molecule has 0 spiro atoms. The maximum absolute atomic E-state index is 13.1. The van der Waals surface area contributed by atoms with Crippen LogP contribution in [0, 0.1) is 28.9 Å². The van der Waals surface area contributed by atoms with E-state index in [-0.39, 0.29) is 30.0 Å². The van der Waals surface area contributed by atoms with Crippen LogP contribution in [0.4, 0.5) is 5.69 Å². The normalized spacial score (nSPS) is 11.9. The summed E-state index contributed by atoms with van der Waals surface area (Å²) in [6, 6.07) is 11.6. The summed E-state index contributed by atoms with van der Waals surface area (Å²) in [5.41, 5.74) is 2.69. The highest BCUT2D eigenvalue weighted by Crippen LogP contribution is 2.26. The van der Waals surface area contributed by atoms with Crippen molar-refractivity contribution in [1.82, 2.24) is 20.3 Å². The van der Waals surface area contributed by atoms with Crippen LogP contribution in [0.25, 0.3) is 11.5 Å². The van der Waals surface area contributed by atoms with Crippen molar-refractivity contribution in [3.8, 4) is 11.5 Å². The molecule has 0 radical (unpaired) electrons. The zero-order chi connectivity index (χ0) is 24.0. The first-order valence-electron chi connectivity index (χ1n) is 10.7. The van der Waals surface area contributed by atoms with Crippen molar-refractivity contribution in [1.29, 1.82) is 0 Å². The Kier molecular flexibility index (Phi) is 8.06. The van der Waals surface area contributed by atoms with Crippen LogP contribution in [0.1, 0.15) is 37.2 Å². The first-order chi connectivity index (χ1) is 15.7. The number of rotatable bonds is 9. The summed E-state index contributed by atoms with van der Waals surface area (Å²) in [7, 11) is 0. The average molecular weight is 468 g/mol. The van der Waals surface area contributed by atoms with E-state index < -0.39 is 4.92 Å². The fourth-order valence-electron chi connectivity index (χ4n) is 3.52. The molecule has 0 saturated heterocycles. The summed E-state index contributed by atoms with van der Waals surface area (Å²) in [6.45, 7) is 6.21. The van der Waals surface area contributed by atoms with Gasteiger partial charge in [-0.1, -0.05) is 43.6 Å². The molecule has 0 aliphatic heterocycles. The van der Waals surface area contributed by atoms with Crippen LogP contribution in [0.3, 0.4) is 0 Å². The number of hydrogen-bond donors (Lipinski definition) is 1. The molecule has 1 amide bonds. The number of carbonyl (C=O) groups is 1. The highest BCUT2D eigenvalue weighted by atomic mass is 35.5. The molecule has 0 fully saturated rings. The van der Waals surface area contributed by atoms with Crippen molar-refractivity contribution >= 4 is 23.2 Å². The van der Waals surface area contributed by atoms with E-state index in [4.69, 9.17) is 11.6 Å². The van der Waals surface area contributed by atoms with Gasteiger partial charge in [-0.15, -0.1) is 0 Å². The summed E-state index contributed by atoms with van der Waals surface area (Å²) in [5, 5.41) is 14.2. The van der Waals surface area contributed by atoms with E-state index in [0.29, 0.717) is 40.8 Å². The van der Waals surface area contributed by atoms with Crippen LogP contribution >= 0.6 is 11.6 Å². The second-order valence-electron chi connectivity index (χ2n) is 8.28. The van der Waals surface area contributed by atoms with Crippen molar-refractivity contribution in [3.63, 3.8) is 0 Å². The molecule has 0 aliphatic rings. The lowest BCUT2D eigenvalue weighted by Crippen LogP contribution is -2.32. The number of carbonyl (C=O) groups excluding carboxylic acids is 1. The maximum atomic E-state index is 13.1. The SMILES string of the molecule is Cc1nc(-c2ccccn2)nc(CC(CC(C)C)C(=O)NCc2ccc([N+](=O)[O-])cc2)c1Cl. The van der Waals surface area contributed by atoms with Crippen LogP contribution in [-0.4, -0.2) is 25.8 Å². The molecule has 2 heterocycles. The number of nitrogens with zero attached hydrogens (tertiary/aromatic N) is 4. The van der Waals surface area contributed by atoms with Gasteiger partial charge >= 0.3 is 0 Å². The molecule has 0 bridgehead atoms. The smallest absolute Gasteiger partial charge is 0.269 e. The number of nitro groups is 1. The summed E-state index contributed by atoms with van der Waals surface area (Å²) >= 11 is 6.52. The fraction of sp³-hybridized carbons (Fsp3) is 0.333. The minimum Gasteiger partial charge on any atom is -0.352 e. The molecular formula is C24H26ClN5O3. The van der Waals surface area contributed by atoms with Gasteiger partial charge in [-0.05, 0) is 37.0 Å². The van der Waals surface area contributed by atoms with E-state index in [9.17, 15) is 14.9 Å². The molecule has 1 aromatic carbocycles. The molecule has 33 heavy (non-hydrogen) atoms. The van der Waals surface area contributed by atoms with Crippen LogP contribution < -0.4 is 5.32 Å². The Morgan fingerprint density at radius 2 is 1.88 bits per heavy atom. The third kappa shape index (κ3) is 6.55. The highest BCUT2D eigenvalue weighted by molar-refractivity contribution is 6.31. The van der Waals surface area contributed by atoms with Crippen LogP contribution in [-0.2, 0) is 17.8 Å². The number of amides is 1. The fourth-order valence-corrected chi connectivity index (χ4v) is 3.68. The van der Waals surface area contributed by atoms with Gasteiger partial charge < -0.3 is 5.32 Å². The van der Waals surface area contributed by atoms with E-state index in [1.54, 1.807) is 18.3 Å². The zero-order valence-electron chi connectivity index (χ0n) is 18.8. The Morgan fingerprint density at radius 1 is 1.15 bits per heavy atom. The highest BCUT2D eigenvalue weighted by Gasteiger charge is 2.24. The number of aryl methyl sites for hydroxylation is 1. The summed E-state index contributed by atoms with van der Waals surface area (Å²) in [6.07, 6.45) is 2.70. The lowest BCUT2D eigenvalue weighted by molar-refractivity contribution is -0.384. The number of halogens is 1. The lowest BCUT2D eigenvalue weighted by atomic mass is 9.91. The number of pyridine rings is 1. The van der Waals surface area contributed by atoms with Gasteiger partial charge in [0.2, 0.25) is 5.91 Å². The quantitative estimate of drug-likeness (QED) is 0.353. The molecule has 1 N–H and O–H groups in total. The van der Waals surface area contributed by atoms with Crippen LogP contribution in [0.2, 0.25) is 5.02 Å². The number of nitrogens with one attached hydrogen (secondary N) is 1. The second-order valence-corrected chi connectivity index (χ2v) is 8.66. The van der Waals surface area contributed by atoms with Gasteiger partial charge in [0.25, 0.3) is 5.69 Å². The molecule has 172 valence electrons. The monoisotopic (exact) mass is 467 g/mol. The van der Waals surface area contributed by atoms with Gasteiger partial charge in [0.1, 0.15) is 5.69 Å². The topological polar surface area (TPSA) is 111 Å². The summed E-state index contributed by atoms with van der Waals surface area (Å²) in [4.78, 5) is 36.8. The molecule has 2 aromatic heterocycles. The Balaban J connectivity index is 1.78. The van der Waals surface area contributed by atoms with Crippen molar-refractivity contribution in [2.75, 3.05) is 0 Å². The number of nitro benzene ring substituents is 1. The van der Waals surface area contributed by atoms with Crippen molar-refractivity contribution in [3.05, 3.63) is 80.7 Å². The molecule has 9 heteroatoms. The van der Waals surface area contributed by atoms with E-state index in [1.165, 1.54) is 12.1 Å². The van der Waals surface area contributed by atoms with Crippen molar-refractivity contribution in [2.45, 2.75) is 40.2 Å². The minimum atomic E-state index is -0.451. The van der Waals surface area contributed by atoms with Gasteiger partial charge in [-0.25, -0.2) is 9.97 Å². The third-order valence-electron chi connectivity index (χ3n) is 5.16. The third-order valence-corrected chi connectivity index (χ3v) is 5.65. The Labute approximate surface area is 197 Å². The van der Waals surface area contributed by atoms with Gasteiger partial charge in [-0.3, -0.25) is 19.9 Å². The standard InChI is InChI=1S/C24H26ClN5O3/c1-15(2)12-18(24(31)27-14-17-7-9-19(10-8-17)30(32)33)13-21-22(25)16(3)28-23(29-21)20-6-4-5-11-26-20/h4-11,15,18H,12-14H2,1-3H3,(H,27,31). The van der Waals surface area contributed by atoms with E-state index in [2.05, 4.69) is 34.1 Å². The number of aromatic nitrogens is 3. The molecule has 0 aliphatic carbocycles. The van der Waals surface area contributed by atoms with Gasteiger partial charge in [0.05, 0.1) is 21.3 Å². The molecule has 0 saturated carbocycles. The van der Waals surface area contributed by atoms with Gasteiger partial charge in [0, 0.05) is 37.2 Å². The number of benzene rings is 1.